The van der Waals surface area contributed by atoms with Gasteiger partial charge in [-0.3, -0.25) is 9.89 Å². The van der Waals surface area contributed by atoms with E-state index in [1.807, 2.05) is 11.0 Å². The van der Waals surface area contributed by atoms with Crippen molar-refractivity contribution < 1.29 is 4.79 Å². The first-order chi connectivity index (χ1) is 9.70. The molecule has 0 bridgehead atoms. The highest BCUT2D eigenvalue weighted by Crippen LogP contribution is 2.33. The van der Waals surface area contributed by atoms with Crippen LogP contribution in [0.1, 0.15) is 52.9 Å². The van der Waals surface area contributed by atoms with Gasteiger partial charge in [0.1, 0.15) is 5.69 Å². The van der Waals surface area contributed by atoms with Crippen molar-refractivity contribution in [1.82, 2.24) is 15.1 Å². The zero-order valence-corrected chi connectivity index (χ0v) is 12.7. The highest BCUT2D eigenvalue weighted by atomic mass is 32.1. The normalized spacial score (nSPS) is 18.1. The van der Waals surface area contributed by atoms with E-state index in [1.54, 1.807) is 11.3 Å². The molecule has 1 aliphatic heterocycles. The molecule has 1 aliphatic rings. The Bertz CT molecular complexity index is 616. The molecule has 0 unspecified atom stereocenters. The van der Waals surface area contributed by atoms with Crippen molar-refractivity contribution in [3.8, 4) is 0 Å². The Hall–Kier alpha value is -1.62. The third-order valence-corrected chi connectivity index (χ3v) is 4.90. The van der Waals surface area contributed by atoms with Crippen molar-refractivity contribution >= 4 is 17.2 Å². The summed E-state index contributed by atoms with van der Waals surface area (Å²) in [6.45, 7) is 5.00. The molecule has 2 aromatic heterocycles. The molecule has 0 aromatic carbocycles. The molecule has 1 N–H and O–H groups in total. The number of amides is 1. The number of aromatic nitrogens is 2. The lowest BCUT2D eigenvalue weighted by molar-refractivity contribution is 0.0673. The number of hydrogen-bond acceptors (Lipinski definition) is 3. The summed E-state index contributed by atoms with van der Waals surface area (Å²) in [6.07, 6.45) is 2.94. The Morgan fingerprint density at radius 3 is 3.25 bits per heavy atom. The Morgan fingerprint density at radius 1 is 1.60 bits per heavy atom. The summed E-state index contributed by atoms with van der Waals surface area (Å²) < 4.78 is 0. The van der Waals surface area contributed by atoms with Crippen molar-refractivity contribution in [2.45, 2.75) is 39.2 Å². The summed E-state index contributed by atoms with van der Waals surface area (Å²) in [7, 11) is 0. The van der Waals surface area contributed by atoms with Gasteiger partial charge in [0.05, 0.1) is 6.04 Å². The van der Waals surface area contributed by atoms with Gasteiger partial charge in [-0.2, -0.15) is 5.10 Å². The van der Waals surface area contributed by atoms with Crippen LogP contribution >= 0.6 is 11.3 Å². The molecule has 3 rings (SSSR count). The molecule has 0 radical (unpaired) electrons. The van der Waals surface area contributed by atoms with Crippen molar-refractivity contribution in [2.24, 2.45) is 0 Å². The molecule has 20 heavy (non-hydrogen) atoms. The van der Waals surface area contributed by atoms with Crippen LogP contribution < -0.4 is 0 Å². The molecule has 5 heteroatoms. The van der Waals surface area contributed by atoms with Gasteiger partial charge in [0.15, 0.2) is 0 Å². The molecule has 0 aliphatic carbocycles. The monoisotopic (exact) mass is 289 g/mol. The molecule has 2 aromatic rings. The minimum Gasteiger partial charge on any atom is -0.330 e. The van der Waals surface area contributed by atoms with E-state index in [9.17, 15) is 4.79 Å². The van der Waals surface area contributed by atoms with E-state index in [1.165, 1.54) is 10.4 Å². The van der Waals surface area contributed by atoms with Crippen LogP contribution in [0.3, 0.4) is 0 Å². The fourth-order valence-electron chi connectivity index (χ4n) is 2.80. The van der Waals surface area contributed by atoms with Crippen molar-refractivity contribution in [3.05, 3.63) is 39.3 Å². The number of carbonyl (C=O) groups is 1. The SMILES string of the molecule is CCCc1cc(C(=O)N2CCc3sccc3[C@H]2C)n[nH]1. The van der Waals surface area contributed by atoms with Gasteiger partial charge in [-0.15, -0.1) is 11.3 Å². The largest absolute Gasteiger partial charge is 0.330 e. The number of H-pyrrole nitrogens is 1. The molecule has 0 saturated carbocycles. The van der Waals surface area contributed by atoms with E-state index in [4.69, 9.17) is 0 Å². The number of aryl methyl sites for hydroxylation is 1. The molecule has 0 fully saturated rings. The summed E-state index contributed by atoms with van der Waals surface area (Å²) in [5, 5.41) is 9.25. The average Bonchev–Trinajstić information content (AvgIpc) is 3.08. The summed E-state index contributed by atoms with van der Waals surface area (Å²) in [5.41, 5.74) is 2.87. The van der Waals surface area contributed by atoms with Crippen LogP contribution in [0, 0.1) is 0 Å². The number of nitrogens with zero attached hydrogens (tertiary/aromatic N) is 2. The van der Waals surface area contributed by atoms with E-state index in [2.05, 4.69) is 35.5 Å². The first-order valence-corrected chi connectivity index (χ1v) is 8.00. The summed E-state index contributed by atoms with van der Waals surface area (Å²) >= 11 is 1.79. The summed E-state index contributed by atoms with van der Waals surface area (Å²) in [4.78, 5) is 16.0. The smallest absolute Gasteiger partial charge is 0.274 e. The number of hydrogen-bond donors (Lipinski definition) is 1. The molecular formula is C15H19N3OS. The first-order valence-electron chi connectivity index (χ1n) is 7.12. The lowest BCUT2D eigenvalue weighted by Crippen LogP contribution is -2.38. The second-order valence-electron chi connectivity index (χ2n) is 5.25. The Balaban J connectivity index is 1.80. The molecule has 1 atom stereocenters. The summed E-state index contributed by atoms with van der Waals surface area (Å²) in [6, 6.07) is 4.17. The van der Waals surface area contributed by atoms with Crippen LogP contribution in [0.4, 0.5) is 0 Å². The van der Waals surface area contributed by atoms with Crippen molar-refractivity contribution in [3.63, 3.8) is 0 Å². The second-order valence-corrected chi connectivity index (χ2v) is 6.25. The third-order valence-electron chi connectivity index (χ3n) is 3.91. The maximum absolute atomic E-state index is 12.6. The Morgan fingerprint density at radius 2 is 2.45 bits per heavy atom. The van der Waals surface area contributed by atoms with Crippen LogP contribution in [-0.2, 0) is 12.8 Å². The molecule has 3 heterocycles. The fourth-order valence-corrected chi connectivity index (χ4v) is 3.77. The standard InChI is InChI=1S/C15H19N3OS/c1-3-4-11-9-13(17-16-11)15(19)18-7-5-14-12(10(18)2)6-8-20-14/h6,8-10H,3-5,7H2,1-2H3,(H,16,17)/t10-/m1/s1. The predicted octanol–water partition coefficient (Wildman–Crippen LogP) is 3.18. The van der Waals surface area contributed by atoms with Gasteiger partial charge in [0, 0.05) is 17.1 Å². The number of nitrogens with one attached hydrogen (secondary N) is 1. The van der Waals surface area contributed by atoms with E-state index in [0.29, 0.717) is 5.69 Å². The number of fused-ring (bicyclic) bond motifs is 1. The van der Waals surface area contributed by atoms with Gasteiger partial charge in [0.2, 0.25) is 0 Å². The minimum atomic E-state index is 0.0351. The van der Waals surface area contributed by atoms with Crippen LogP contribution in [0.2, 0.25) is 0 Å². The lowest BCUT2D eigenvalue weighted by Gasteiger charge is -2.33. The predicted molar refractivity (Wildman–Crippen MR) is 80.1 cm³/mol. The van der Waals surface area contributed by atoms with E-state index in [-0.39, 0.29) is 11.9 Å². The molecule has 1 amide bonds. The second kappa shape index (κ2) is 5.40. The Kier molecular flexibility index (Phi) is 3.61. The minimum absolute atomic E-state index is 0.0351. The quantitative estimate of drug-likeness (QED) is 0.943. The highest BCUT2D eigenvalue weighted by molar-refractivity contribution is 7.10. The van der Waals surface area contributed by atoms with Gasteiger partial charge in [-0.1, -0.05) is 13.3 Å². The molecule has 4 nitrogen and oxygen atoms in total. The molecule has 0 saturated heterocycles. The van der Waals surface area contributed by atoms with E-state index in [0.717, 1.165) is 31.5 Å². The van der Waals surface area contributed by atoms with Gasteiger partial charge in [-0.25, -0.2) is 0 Å². The number of carbonyl (C=O) groups excluding carboxylic acids is 1. The van der Waals surface area contributed by atoms with Gasteiger partial charge < -0.3 is 4.90 Å². The maximum Gasteiger partial charge on any atom is 0.274 e. The molecule has 0 spiro atoms. The molecular weight excluding hydrogens is 270 g/mol. The van der Waals surface area contributed by atoms with Crippen LogP contribution in [0.25, 0.3) is 0 Å². The zero-order valence-electron chi connectivity index (χ0n) is 11.8. The lowest BCUT2D eigenvalue weighted by atomic mass is 10.0. The third kappa shape index (κ3) is 2.26. The summed E-state index contributed by atoms with van der Waals surface area (Å²) in [5.74, 6) is 0.0351. The number of aromatic amines is 1. The molecule has 106 valence electrons. The van der Waals surface area contributed by atoms with Crippen molar-refractivity contribution in [1.29, 1.82) is 0 Å². The average molecular weight is 289 g/mol. The van der Waals surface area contributed by atoms with Crippen LogP contribution in [-0.4, -0.2) is 27.5 Å². The number of thiophene rings is 1. The van der Waals surface area contributed by atoms with E-state index >= 15 is 0 Å². The van der Waals surface area contributed by atoms with E-state index < -0.39 is 0 Å². The van der Waals surface area contributed by atoms with Crippen LogP contribution in [0.5, 0.6) is 0 Å². The number of rotatable bonds is 3. The topological polar surface area (TPSA) is 49.0 Å². The maximum atomic E-state index is 12.6. The fraction of sp³-hybridized carbons (Fsp3) is 0.467. The first kappa shape index (κ1) is 13.4. The van der Waals surface area contributed by atoms with Gasteiger partial charge >= 0.3 is 0 Å². The van der Waals surface area contributed by atoms with Crippen LogP contribution in [0.15, 0.2) is 17.5 Å². The zero-order chi connectivity index (χ0) is 14.1. The van der Waals surface area contributed by atoms with Gasteiger partial charge in [-0.05, 0) is 42.8 Å². The van der Waals surface area contributed by atoms with Crippen molar-refractivity contribution in [2.75, 3.05) is 6.54 Å². The van der Waals surface area contributed by atoms with Gasteiger partial charge in [0.25, 0.3) is 5.91 Å². The highest BCUT2D eigenvalue weighted by Gasteiger charge is 2.29. The Labute approximate surface area is 122 Å².